The van der Waals surface area contributed by atoms with Gasteiger partial charge in [-0.05, 0) is 24.5 Å². The molecule has 0 aliphatic rings. The van der Waals surface area contributed by atoms with Crippen molar-refractivity contribution < 1.29 is 22.9 Å². The van der Waals surface area contributed by atoms with Crippen LogP contribution in [0.5, 0.6) is 0 Å². The van der Waals surface area contributed by atoms with Crippen LogP contribution in [0.3, 0.4) is 0 Å². The molecule has 164 valence electrons. The Labute approximate surface area is 176 Å². The smallest absolute Gasteiger partial charge is 0.312 e. The molecule has 0 spiro atoms. The topological polar surface area (TPSA) is 156 Å². The molecule has 0 radical (unpaired) electrons. The van der Waals surface area contributed by atoms with E-state index < -0.39 is 27.8 Å². The van der Waals surface area contributed by atoms with Crippen LogP contribution in [0.25, 0.3) is 0 Å². The maximum Gasteiger partial charge on any atom is 0.312 e. The van der Waals surface area contributed by atoms with Gasteiger partial charge >= 0.3 is 5.97 Å². The van der Waals surface area contributed by atoms with Crippen LogP contribution in [0, 0.1) is 6.92 Å². The number of carboxylic acids is 1. The second-order valence-corrected chi connectivity index (χ2v) is 8.68. The standard InChI is InChI=1S/C20H28N4O5S/c1-3-4-5-10-22-18-16(13(2)23-20(21)24-18)11-14-6-8-15(9-7-14)17(19(25)26)12-30(27,28)29/h6-9,17H,3-5,10-12H2,1-2H3,(H,25,26)(H,27,28,29)(H3,21,22,23,24). The van der Waals surface area contributed by atoms with E-state index in [0.29, 0.717) is 17.8 Å². The van der Waals surface area contributed by atoms with Gasteiger partial charge in [-0.15, -0.1) is 0 Å². The molecule has 9 nitrogen and oxygen atoms in total. The van der Waals surface area contributed by atoms with Crippen molar-refractivity contribution in [1.29, 1.82) is 0 Å². The zero-order valence-electron chi connectivity index (χ0n) is 17.1. The van der Waals surface area contributed by atoms with E-state index in [1.807, 2.05) is 6.92 Å². The zero-order chi connectivity index (χ0) is 22.3. The summed E-state index contributed by atoms with van der Waals surface area (Å²) < 4.78 is 31.3. The Bertz CT molecular complexity index is 977. The highest BCUT2D eigenvalue weighted by Crippen LogP contribution is 2.24. The van der Waals surface area contributed by atoms with Crippen LogP contribution in [0.1, 0.15) is 54.5 Å². The van der Waals surface area contributed by atoms with Crippen molar-refractivity contribution in [2.75, 3.05) is 23.3 Å². The minimum atomic E-state index is -4.42. The van der Waals surface area contributed by atoms with Gasteiger partial charge in [-0.25, -0.2) is 4.98 Å². The van der Waals surface area contributed by atoms with Crippen LogP contribution >= 0.6 is 0 Å². The Hall–Kier alpha value is -2.72. The second kappa shape index (κ2) is 10.4. The molecular weight excluding hydrogens is 408 g/mol. The van der Waals surface area contributed by atoms with Crippen LogP contribution in [-0.4, -0.2) is 46.3 Å². The minimum absolute atomic E-state index is 0.194. The molecule has 2 rings (SSSR count). The number of hydrogen-bond donors (Lipinski definition) is 4. The Morgan fingerprint density at radius 1 is 1.20 bits per heavy atom. The molecule has 0 aliphatic carbocycles. The Balaban J connectivity index is 2.23. The zero-order valence-corrected chi connectivity index (χ0v) is 17.9. The largest absolute Gasteiger partial charge is 0.481 e. The van der Waals surface area contributed by atoms with Gasteiger partial charge in [-0.2, -0.15) is 13.4 Å². The number of nitrogens with one attached hydrogen (secondary N) is 1. The average Bonchev–Trinajstić information content (AvgIpc) is 2.65. The summed E-state index contributed by atoms with van der Waals surface area (Å²) in [6, 6.07) is 6.57. The lowest BCUT2D eigenvalue weighted by Gasteiger charge is -2.15. The number of nitrogens with zero attached hydrogens (tertiary/aromatic N) is 2. The summed E-state index contributed by atoms with van der Waals surface area (Å²) in [5, 5.41) is 12.6. The van der Waals surface area contributed by atoms with Crippen molar-refractivity contribution in [3.05, 3.63) is 46.6 Å². The number of aromatic nitrogens is 2. The third-order valence-electron chi connectivity index (χ3n) is 4.74. The molecule has 1 unspecified atom stereocenters. The van der Waals surface area contributed by atoms with E-state index in [4.69, 9.17) is 10.3 Å². The van der Waals surface area contributed by atoms with Crippen molar-refractivity contribution in [2.45, 2.75) is 45.4 Å². The van der Waals surface area contributed by atoms with Crippen molar-refractivity contribution in [2.24, 2.45) is 0 Å². The molecule has 10 heteroatoms. The number of rotatable bonds is 11. The summed E-state index contributed by atoms with van der Waals surface area (Å²) in [6.07, 6.45) is 3.73. The quantitative estimate of drug-likeness (QED) is 0.307. The van der Waals surface area contributed by atoms with Crippen LogP contribution in [0.2, 0.25) is 0 Å². The molecule has 0 saturated heterocycles. The molecule has 0 fully saturated rings. The number of aryl methyl sites for hydroxylation is 1. The number of benzene rings is 1. The maximum absolute atomic E-state index is 11.4. The number of hydrogen-bond acceptors (Lipinski definition) is 7. The van der Waals surface area contributed by atoms with Crippen LogP contribution in [0.4, 0.5) is 11.8 Å². The summed E-state index contributed by atoms with van der Waals surface area (Å²) in [7, 11) is -4.42. The van der Waals surface area contributed by atoms with Gasteiger partial charge in [0.1, 0.15) is 5.82 Å². The van der Waals surface area contributed by atoms with Gasteiger partial charge in [0.15, 0.2) is 0 Å². The van der Waals surface area contributed by atoms with Crippen molar-refractivity contribution in [3.63, 3.8) is 0 Å². The molecule has 1 aromatic carbocycles. The highest BCUT2D eigenvalue weighted by Gasteiger charge is 2.25. The van der Waals surface area contributed by atoms with Crippen molar-refractivity contribution >= 4 is 27.9 Å². The summed E-state index contributed by atoms with van der Waals surface area (Å²) >= 11 is 0. The lowest BCUT2D eigenvalue weighted by Crippen LogP contribution is -2.21. The first-order chi connectivity index (χ1) is 14.1. The van der Waals surface area contributed by atoms with Crippen molar-refractivity contribution in [1.82, 2.24) is 9.97 Å². The SMILES string of the molecule is CCCCCNc1nc(N)nc(C)c1Cc1ccc(C(CS(=O)(=O)O)C(=O)O)cc1. The Kier molecular flexibility index (Phi) is 8.13. The van der Waals surface area contributed by atoms with Gasteiger partial charge in [-0.3, -0.25) is 9.35 Å². The van der Waals surface area contributed by atoms with Crippen LogP contribution in [0.15, 0.2) is 24.3 Å². The molecule has 1 aromatic heterocycles. The molecule has 30 heavy (non-hydrogen) atoms. The van der Waals surface area contributed by atoms with Crippen LogP contribution < -0.4 is 11.1 Å². The van der Waals surface area contributed by atoms with E-state index in [-0.39, 0.29) is 5.95 Å². The van der Waals surface area contributed by atoms with E-state index in [0.717, 1.165) is 42.6 Å². The van der Waals surface area contributed by atoms with Gasteiger partial charge in [0.25, 0.3) is 10.1 Å². The van der Waals surface area contributed by atoms with E-state index in [1.165, 1.54) is 0 Å². The molecule has 0 amide bonds. The van der Waals surface area contributed by atoms with Gasteiger partial charge < -0.3 is 16.2 Å². The van der Waals surface area contributed by atoms with E-state index in [9.17, 15) is 18.3 Å². The fraction of sp³-hybridized carbons (Fsp3) is 0.450. The fourth-order valence-corrected chi connectivity index (χ4v) is 3.91. The Morgan fingerprint density at radius 3 is 2.43 bits per heavy atom. The fourth-order valence-electron chi connectivity index (χ4n) is 3.15. The predicted octanol–water partition coefficient (Wildman–Crippen LogP) is 2.62. The number of carbonyl (C=O) groups is 1. The van der Waals surface area contributed by atoms with Crippen molar-refractivity contribution in [3.8, 4) is 0 Å². The van der Waals surface area contributed by atoms with Gasteiger partial charge in [0.2, 0.25) is 5.95 Å². The van der Waals surface area contributed by atoms with E-state index in [1.54, 1.807) is 24.3 Å². The lowest BCUT2D eigenvalue weighted by atomic mass is 9.97. The second-order valence-electron chi connectivity index (χ2n) is 7.19. The number of carboxylic acid groups (broad SMARTS) is 1. The molecule has 2 aromatic rings. The van der Waals surface area contributed by atoms with E-state index in [2.05, 4.69) is 22.2 Å². The molecule has 5 N–H and O–H groups in total. The predicted molar refractivity (Wildman–Crippen MR) is 115 cm³/mol. The first-order valence-corrected chi connectivity index (χ1v) is 11.3. The molecular formula is C20H28N4O5S. The van der Waals surface area contributed by atoms with Gasteiger partial charge in [0, 0.05) is 24.2 Å². The number of anilines is 2. The highest BCUT2D eigenvalue weighted by molar-refractivity contribution is 7.85. The molecule has 0 saturated carbocycles. The normalized spacial score (nSPS) is 12.5. The molecule has 1 atom stereocenters. The first-order valence-electron chi connectivity index (χ1n) is 9.74. The van der Waals surface area contributed by atoms with Gasteiger partial charge in [-0.1, -0.05) is 44.0 Å². The minimum Gasteiger partial charge on any atom is -0.481 e. The number of nitrogens with two attached hydrogens (primary N) is 1. The van der Waals surface area contributed by atoms with Gasteiger partial charge in [0.05, 0.1) is 11.7 Å². The molecule has 0 aliphatic heterocycles. The van der Waals surface area contributed by atoms with E-state index >= 15 is 0 Å². The summed E-state index contributed by atoms with van der Waals surface area (Å²) in [6.45, 7) is 4.75. The lowest BCUT2D eigenvalue weighted by molar-refractivity contribution is -0.138. The first kappa shape index (κ1) is 23.6. The highest BCUT2D eigenvalue weighted by atomic mass is 32.2. The summed E-state index contributed by atoms with van der Waals surface area (Å²) in [4.78, 5) is 20.0. The third kappa shape index (κ3) is 6.96. The summed E-state index contributed by atoms with van der Waals surface area (Å²) in [5.41, 5.74) is 8.61. The number of nitrogen functional groups attached to an aromatic ring is 1. The summed E-state index contributed by atoms with van der Waals surface area (Å²) in [5.74, 6) is -2.67. The monoisotopic (exact) mass is 436 g/mol. The Morgan fingerprint density at radius 2 is 1.87 bits per heavy atom. The van der Waals surface area contributed by atoms with Crippen LogP contribution in [-0.2, 0) is 21.3 Å². The molecule has 1 heterocycles. The third-order valence-corrected chi connectivity index (χ3v) is 5.50. The number of aliphatic carboxylic acids is 1. The maximum atomic E-state index is 11.4. The average molecular weight is 437 g/mol. The molecule has 0 bridgehead atoms. The number of unbranched alkanes of at least 4 members (excludes halogenated alkanes) is 2.